The average molecular weight is 344 g/mol. The van der Waals surface area contributed by atoms with Crippen molar-refractivity contribution < 1.29 is 9.31 Å². The molecule has 1 saturated heterocycles. The Morgan fingerprint density at radius 1 is 1.04 bits per heavy atom. The standard InChI is InChI=1S/C20H33BO2Si/c1-16(24(6,7)8)14-18(17-12-10-9-11-13-17)15-21-22-19(2,3)20(4,5)23-21/h9-13,18H,1,14-15H2,2-8H3/t18-/m0/s1. The van der Waals surface area contributed by atoms with Crippen LogP contribution in [0.2, 0.25) is 26.0 Å². The van der Waals surface area contributed by atoms with Crippen molar-refractivity contribution in [1.29, 1.82) is 0 Å². The van der Waals surface area contributed by atoms with Crippen LogP contribution in [0.15, 0.2) is 42.1 Å². The second kappa shape index (κ2) is 6.81. The van der Waals surface area contributed by atoms with Gasteiger partial charge in [0.05, 0.1) is 19.3 Å². The van der Waals surface area contributed by atoms with Gasteiger partial charge in [0, 0.05) is 0 Å². The highest BCUT2D eigenvalue weighted by Gasteiger charge is 2.51. The van der Waals surface area contributed by atoms with Crippen LogP contribution in [0.3, 0.4) is 0 Å². The van der Waals surface area contributed by atoms with Crippen LogP contribution in [-0.2, 0) is 9.31 Å². The minimum Gasteiger partial charge on any atom is -0.403 e. The molecule has 1 aliphatic heterocycles. The molecule has 4 heteroatoms. The lowest BCUT2D eigenvalue weighted by molar-refractivity contribution is 0.00578. The van der Waals surface area contributed by atoms with Gasteiger partial charge >= 0.3 is 7.12 Å². The van der Waals surface area contributed by atoms with Crippen LogP contribution in [0.4, 0.5) is 0 Å². The van der Waals surface area contributed by atoms with E-state index in [2.05, 4.69) is 84.2 Å². The zero-order valence-electron chi connectivity index (χ0n) is 16.5. The molecule has 0 bridgehead atoms. The molecule has 1 aromatic rings. The topological polar surface area (TPSA) is 18.5 Å². The molecule has 2 rings (SSSR count). The Balaban J connectivity index is 2.17. The number of allylic oxidation sites excluding steroid dienone is 1. The van der Waals surface area contributed by atoms with Crippen LogP contribution in [-0.4, -0.2) is 26.4 Å². The number of hydrogen-bond acceptors (Lipinski definition) is 2. The molecule has 1 atom stereocenters. The highest BCUT2D eigenvalue weighted by Crippen LogP contribution is 2.41. The predicted molar refractivity (Wildman–Crippen MR) is 107 cm³/mol. The molecule has 1 aromatic carbocycles. The van der Waals surface area contributed by atoms with E-state index in [1.807, 2.05) is 0 Å². The van der Waals surface area contributed by atoms with E-state index < -0.39 is 8.07 Å². The Hall–Kier alpha value is -0.838. The quantitative estimate of drug-likeness (QED) is 0.618. The lowest BCUT2D eigenvalue weighted by atomic mass is 9.73. The molecular weight excluding hydrogens is 311 g/mol. The molecule has 1 fully saturated rings. The largest absolute Gasteiger partial charge is 0.458 e. The summed E-state index contributed by atoms with van der Waals surface area (Å²) in [6.07, 6.45) is 1.89. The first-order chi connectivity index (χ1) is 10.9. The van der Waals surface area contributed by atoms with Gasteiger partial charge in [-0.25, -0.2) is 0 Å². The summed E-state index contributed by atoms with van der Waals surface area (Å²) >= 11 is 0. The Bertz CT molecular complexity index is 559. The van der Waals surface area contributed by atoms with E-state index in [0.29, 0.717) is 5.92 Å². The molecule has 0 N–H and O–H groups in total. The van der Waals surface area contributed by atoms with Gasteiger partial charge in [-0.2, -0.15) is 0 Å². The van der Waals surface area contributed by atoms with Gasteiger partial charge in [0.1, 0.15) is 0 Å². The summed E-state index contributed by atoms with van der Waals surface area (Å²) in [5.41, 5.74) is 0.815. The zero-order chi connectivity index (χ0) is 18.2. The lowest BCUT2D eigenvalue weighted by Gasteiger charge is -2.32. The summed E-state index contributed by atoms with van der Waals surface area (Å²) in [4.78, 5) is 0. The van der Waals surface area contributed by atoms with Gasteiger partial charge in [0.2, 0.25) is 0 Å². The van der Waals surface area contributed by atoms with Crippen LogP contribution in [0, 0.1) is 0 Å². The van der Waals surface area contributed by atoms with E-state index in [4.69, 9.17) is 9.31 Å². The van der Waals surface area contributed by atoms with E-state index in [1.165, 1.54) is 10.8 Å². The fourth-order valence-corrected chi connectivity index (χ4v) is 3.82. The summed E-state index contributed by atoms with van der Waals surface area (Å²) in [6, 6.07) is 10.7. The second-order valence-corrected chi connectivity index (χ2v) is 14.3. The van der Waals surface area contributed by atoms with Gasteiger partial charge in [-0.1, -0.05) is 55.2 Å². The summed E-state index contributed by atoms with van der Waals surface area (Å²) in [6.45, 7) is 20.0. The van der Waals surface area contributed by atoms with Gasteiger partial charge < -0.3 is 9.31 Å². The molecule has 0 aromatic heterocycles. The van der Waals surface area contributed by atoms with Crippen molar-refractivity contribution in [2.45, 2.75) is 77.2 Å². The van der Waals surface area contributed by atoms with Crippen molar-refractivity contribution >= 4 is 15.2 Å². The van der Waals surface area contributed by atoms with Crippen molar-refractivity contribution in [3.8, 4) is 0 Å². The minimum atomic E-state index is -1.34. The Morgan fingerprint density at radius 2 is 1.54 bits per heavy atom. The molecular formula is C20H33BO2Si. The van der Waals surface area contributed by atoms with Crippen molar-refractivity contribution in [2.75, 3.05) is 0 Å². The minimum absolute atomic E-state index is 0.158. The lowest BCUT2D eigenvalue weighted by Crippen LogP contribution is -2.41. The first kappa shape index (κ1) is 19.5. The highest BCUT2D eigenvalue weighted by molar-refractivity contribution is 6.83. The maximum atomic E-state index is 6.24. The Morgan fingerprint density at radius 3 is 2.00 bits per heavy atom. The summed E-state index contributed by atoms with van der Waals surface area (Å²) in [5, 5.41) is 1.41. The molecule has 0 radical (unpaired) electrons. The third kappa shape index (κ3) is 4.41. The Kier molecular flexibility index (Phi) is 5.53. The highest BCUT2D eigenvalue weighted by atomic mass is 28.3. The number of benzene rings is 1. The molecule has 24 heavy (non-hydrogen) atoms. The SMILES string of the molecule is C=C(C[C@@H](CB1OC(C)(C)C(C)(C)O1)c1ccccc1)[Si](C)(C)C. The van der Waals surface area contributed by atoms with E-state index in [9.17, 15) is 0 Å². The van der Waals surface area contributed by atoms with Gasteiger partial charge in [-0.15, -0.1) is 6.58 Å². The van der Waals surface area contributed by atoms with E-state index >= 15 is 0 Å². The van der Waals surface area contributed by atoms with Crippen molar-refractivity contribution in [1.82, 2.24) is 0 Å². The fourth-order valence-electron chi connectivity index (χ4n) is 2.96. The van der Waals surface area contributed by atoms with E-state index in [0.717, 1.165) is 12.7 Å². The average Bonchev–Trinajstić information content (AvgIpc) is 2.65. The monoisotopic (exact) mass is 344 g/mol. The third-order valence-electron chi connectivity index (χ3n) is 5.60. The molecule has 0 amide bonds. The van der Waals surface area contributed by atoms with Gasteiger partial charge in [0.15, 0.2) is 0 Å². The smallest absolute Gasteiger partial charge is 0.403 e. The van der Waals surface area contributed by atoms with Gasteiger partial charge in [0.25, 0.3) is 0 Å². The molecule has 132 valence electrons. The molecule has 0 spiro atoms. The summed E-state index contributed by atoms with van der Waals surface area (Å²) < 4.78 is 12.5. The molecule has 1 aliphatic rings. The van der Waals surface area contributed by atoms with Crippen LogP contribution >= 0.6 is 0 Å². The van der Waals surface area contributed by atoms with Crippen LogP contribution < -0.4 is 0 Å². The molecule has 1 heterocycles. The fraction of sp³-hybridized carbons (Fsp3) is 0.600. The van der Waals surface area contributed by atoms with E-state index in [1.54, 1.807) is 0 Å². The van der Waals surface area contributed by atoms with Crippen molar-refractivity contribution in [3.63, 3.8) is 0 Å². The molecule has 0 unspecified atom stereocenters. The normalized spacial score (nSPS) is 20.9. The van der Waals surface area contributed by atoms with Gasteiger partial charge in [-0.3, -0.25) is 0 Å². The van der Waals surface area contributed by atoms with Crippen molar-refractivity contribution in [2.24, 2.45) is 0 Å². The third-order valence-corrected chi connectivity index (χ3v) is 7.93. The molecule has 0 saturated carbocycles. The predicted octanol–water partition coefficient (Wildman–Crippen LogP) is 5.69. The van der Waals surface area contributed by atoms with Gasteiger partial charge in [-0.05, 0) is 51.9 Å². The molecule has 0 aliphatic carbocycles. The maximum Gasteiger partial charge on any atom is 0.458 e. The van der Waals surface area contributed by atoms with Crippen LogP contribution in [0.25, 0.3) is 0 Å². The molecule has 2 nitrogen and oxygen atoms in total. The summed E-state index contributed by atoms with van der Waals surface area (Å²) in [7, 11) is -1.50. The Labute approximate surface area is 149 Å². The van der Waals surface area contributed by atoms with Crippen LogP contribution in [0.5, 0.6) is 0 Å². The van der Waals surface area contributed by atoms with Crippen molar-refractivity contribution in [3.05, 3.63) is 47.7 Å². The summed E-state index contributed by atoms with van der Waals surface area (Å²) in [5.74, 6) is 0.389. The first-order valence-corrected chi connectivity index (χ1v) is 12.5. The second-order valence-electron chi connectivity index (χ2n) is 9.09. The number of hydrogen-bond donors (Lipinski definition) is 0. The van der Waals surface area contributed by atoms with E-state index in [-0.39, 0.29) is 18.3 Å². The zero-order valence-corrected chi connectivity index (χ0v) is 17.5. The number of rotatable bonds is 6. The van der Waals surface area contributed by atoms with Crippen LogP contribution in [0.1, 0.15) is 45.6 Å². The maximum absolute atomic E-state index is 6.24. The first-order valence-electron chi connectivity index (χ1n) is 9.01.